The molecule has 15 heavy (non-hydrogen) atoms. The van der Waals surface area contributed by atoms with Gasteiger partial charge < -0.3 is 5.73 Å². The Morgan fingerprint density at radius 1 is 1.27 bits per heavy atom. The first-order valence-electron chi connectivity index (χ1n) is 4.21. The highest BCUT2D eigenvalue weighted by Gasteiger charge is 2.08. The van der Waals surface area contributed by atoms with Gasteiger partial charge in [0.25, 0.3) is 0 Å². The van der Waals surface area contributed by atoms with Crippen molar-refractivity contribution in [3.63, 3.8) is 0 Å². The molecular weight excluding hydrogens is 217 g/mol. The van der Waals surface area contributed by atoms with Crippen LogP contribution in [0, 0.1) is 5.82 Å². The van der Waals surface area contributed by atoms with Crippen LogP contribution in [-0.2, 0) is 0 Å². The van der Waals surface area contributed by atoms with Crippen molar-refractivity contribution in [3.8, 4) is 11.4 Å². The lowest BCUT2D eigenvalue weighted by Crippen LogP contribution is -1.97. The number of nitrogens with two attached hydrogens (primary N) is 1. The second kappa shape index (κ2) is 3.82. The van der Waals surface area contributed by atoms with Crippen LogP contribution in [0.15, 0.2) is 30.5 Å². The van der Waals surface area contributed by atoms with E-state index in [1.165, 1.54) is 12.3 Å². The molecule has 1 heterocycles. The van der Waals surface area contributed by atoms with E-state index in [0.717, 1.165) is 0 Å². The van der Waals surface area contributed by atoms with Crippen LogP contribution in [0.3, 0.4) is 0 Å². The quantitative estimate of drug-likeness (QED) is 0.808. The Bertz CT molecular complexity index is 502. The Kier molecular flexibility index (Phi) is 2.51. The van der Waals surface area contributed by atoms with Crippen molar-refractivity contribution in [2.24, 2.45) is 0 Å². The normalized spacial score (nSPS) is 10.3. The average molecular weight is 224 g/mol. The summed E-state index contributed by atoms with van der Waals surface area (Å²) >= 11 is 5.66. The maximum Gasteiger partial charge on any atom is 0.164 e. The van der Waals surface area contributed by atoms with E-state index < -0.39 is 0 Å². The predicted octanol–water partition coefficient (Wildman–Crippen LogP) is 2.52. The first-order valence-corrected chi connectivity index (χ1v) is 4.59. The van der Waals surface area contributed by atoms with Crippen molar-refractivity contribution in [2.45, 2.75) is 0 Å². The van der Waals surface area contributed by atoms with Crippen LogP contribution < -0.4 is 5.73 Å². The second-order valence-corrected chi connectivity index (χ2v) is 3.31. The molecular formula is C10H7ClFN3. The first kappa shape index (κ1) is 9.86. The van der Waals surface area contributed by atoms with E-state index >= 15 is 0 Å². The minimum absolute atomic E-state index is 0.143. The van der Waals surface area contributed by atoms with Crippen molar-refractivity contribution in [1.82, 2.24) is 9.97 Å². The molecule has 5 heteroatoms. The highest BCUT2D eigenvalue weighted by atomic mass is 35.5. The summed E-state index contributed by atoms with van der Waals surface area (Å²) in [4.78, 5) is 7.81. The molecule has 0 unspecified atom stereocenters. The topological polar surface area (TPSA) is 51.8 Å². The van der Waals surface area contributed by atoms with Crippen LogP contribution in [0.2, 0.25) is 5.02 Å². The molecule has 0 spiro atoms. The standard InChI is InChI=1S/C10H7ClFN3/c11-7-5-14-10(15-9(7)13)6-3-1-2-4-8(6)12/h1-5H,(H2,13,14,15). The van der Waals surface area contributed by atoms with Gasteiger partial charge in [0, 0.05) is 0 Å². The molecule has 0 amide bonds. The SMILES string of the molecule is Nc1nc(-c2ccccc2F)ncc1Cl. The number of anilines is 1. The molecule has 1 aromatic heterocycles. The van der Waals surface area contributed by atoms with Gasteiger partial charge in [0.05, 0.1) is 11.8 Å². The van der Waals surface area contributed by atoms with Crippen LogP contribution in [0.25, 0.3) is 11.4 Å². The highest BCUT2D eigenvalue weighted by molar-refractivity contribution is 6.32. The van der Waals surface area contributed by atoms with Gasteiger partial charge in [0.2, 0.25) is 0 Å². The predicted molar refractivity (Wildman–Crippen MR) is 56.8 cm³/mol. The van der Waals surface area contributed by atoms with Gasteiger partial charge in [0.15, 0.2) is 5.82 Å². The number of rotatable bonds is 1. The van der Waals surface area contributed by atoms with Crippen molar-refractivity contribution >= 4 is 17.4 Å². The number of halogens is 2. The van der Waals surface area contributed by atoms with Gasteiger partial charge >= 0.3 is 0 Å². The molecule has 0 aliphatic carbocycles. The van der Waals surface area contributed by atoms with Gasteiger partial charge in [0.1, 0.15) is 16.7 Å². The molecule has 2 rings (SSSR count). The monoisotopic (exact) mass is 223 g/mol. The van der Waals surface area contributed by atoms with E-state index in [0.29, 0.717) is 5.56 Å². The minimum atomic E-state index is -0.390. The lowest BCUT2D eigenvalue weighted by molar-refractivity contribution is 0.630. The Balaban J connectivity index is 2.55. The molecule has 0 fully saturated rings. The van der Waals surface area contributed by atoms with E-state index in [9.17, 15) is 4.39 Å². The lowest BCUT2D eigenvalue weighted by atomic mass is 10.2. The van der Waals surface area contributed by atoms with Gasteiger partial charge in [-0.1, -0.05) is 23.7 Å². The maximum atomic E-state index is 13.4. The number of benzene rings is 1. The maximum absolute atomic E-state index is 13.4. The van der Waals surface area contributed by atoms with E-state index in [-0.39, 0.29) is 22.5 Å². The molecule has 0 aliphatic rings. The van der Waals surface area contributed by atoms with Crippen LogP contribution in [0.4, 0.5) is 10.2 Å². The fourth-order valence-corrected chi connectivity index (χ4v) is 1.24. The summed E-state index contributed by atoms with van der Waals surface area (Å²) in [7, 11) is 0. The average Bonchev–Trinajstić information content (AvgIpc) is 2.23. The zero-order valence-electron chi connectivity index (χ0n) is 7.61. The van der Waals surface area contributed by atoms with E-state index in [2.05, 4.69) is 9.97 Å². The zero-order valence-corrected chi connectivity index (χ0v) is 8.37. The number of nitrogens with zero attached hydrogens (tertiary/aromatic N) is 2. The third kappa shape index (κ3) is 1.89. The van der Waals surface area contributed by atoms with Crippen LogP contribution in [0.5, 0.6) is 0 Å². The molecule has 0 saturated carbocycles. The summed E-state index contributed by atoms with van der Waals surface area (Å²) in [6, 6.07) is 6.21. The number of nitrogen functional groups attached to an aromatic ring is 1. The van der Waals surface area contributed by atoms with Gasteiger partial charge in [-0.3, -0.25) is 0 Å². The summed E-state index contributed by atoms with van der Waals surface area (Å²) in [6.45, 7) is 0. The Morgan fingerprint density at radius 2 is 2.00 bits per heavy atom. The zero-order chi connectivity index (χ0) is 10.8. The molecule has 76 valence electrons. The summed E-state index contributed by atoms with van der Waals surface area (Å²) in [5.41, 5.74) is 5.81. The Morgan fingerprint density at radius 3 is 2.67 bits per heavy atom. The Labute approximate surface area is 90.7 Å². The Hall–Kier alpha value is -1.68. The smallest absolute Gasteiger partial charge is 0.164 e. The van der Waals surface area contributed by atoms with Crippen LogP contribution in [0.1, 0.15) is 0 Å². The summed E-state index contributed by atoms with van der Waals surface area (Å²) < 4.78 is 13.4. The molecule has 0 aliphatic heterocycles. The van der Waals surface area contributed by atoms with Crippen molar-refractivity contribution in [1.29, 1.82) is 0 Å². The molecule has 2 N–H and O–H groups in total. The summed E-state index contributed by atoms with van der Waals surface area (Å²) in [6.07, 6.45) is 1.35. The largest absolute Gasteiger partial charge is 0.382 e. The summed E-state index contributed by atoms with van der Waals surface area (Å²) in [5.74, 6) is -0.0147. The van der Waals surface area contributed by atoms with Crippen LogP contribution in [-0.4, -0.2) is 9.97 Å². The molecule has 1 aromatic carbocycles. The molecule has 0 radical (unpaired) electrons. The van der Waals surface area contributed by atoms with Crippen molar-refractivity contribution in [3.05, 3.63) is 41.3 Å². The van der Waals surface area contributed by atoms with E-state index in [1.807, 2.05) is 0 Å². The van der Waals surface area contributed by atoms with Gasteiger partial charge in [-0.05, 0) is 12.1 Å². The molecule has 0 atom stereocenters. The third-order valence-corrected chi connectivity index (χ3v) is 2.18. The van der Waals surface area contributed by atoms with Gasteiger partial charge in [-0.25, -0.2) is 14.4 Å². The van der Waals surface area contributed by atoms with Crippen molar-refractivity contribution < 1.29 is 4.39 Å². The fraction of sp³-hybridized carbons (Fsp3) is 0. The second-order valence-electron chi connectivity index (χ2n) is 2.91. The van der Waals surface area contributed by atoms with E-state index in [1.54, 1.807) is 18.2 Å². The minimum Gasteiger partial charge on any atom is -0.382 e. The number of hydrogen-bond donors (Lipinski definition) is 1. The molecule has 3 nitrogen and oxygen atoms in total. The van der Waals surface area contributed by atoms with E-state index in [4.69, 9.17) is 17.3 Å². The number of hydrogen-bond acceptors (Lipinski definition) is 3. The van der Waals surface area contributed by atoms with Crippen molar-refractivity contribution in [2.75, 3.05) is 5.73 Å². The van der Waals surface area contributed by atoms with Gasteiger partial charge in [-0.15, -0.1) is 0 Å². The lowest BCUT2D eigenvalue weighted by Gasteiger charge is -2.02. The van der Waals surface area contributed by atoms with Gasteiger partial charge in [-0.2, -0.15) is 0 Å². The van der Waals surface area contributed by atoms with Crippen LogP contribution >= 0.6 is 11.6 Å². The fourth-order valence-electron chi connectivity index (χ4n) is 1.15. The summed E-state index contributed by atoms with van der Waals surface area (Å²) in [5, 5.41) is 0.259. The molecule has 2 aromatic rings. The molecule has 0 saturated heterocycles. The highest BCUT2D eigenvalue weighted by Crippen LogP contribution is 2.22. The first-order chi connectivity index (χ1) is 7.18. The third-order valence-electron chi connectivity index (χ3n) is 1.89. The molecule has 0 bridgehead atoms. The number of aromatic nitrogens is 2.